The molecule has 0 aromatic carbocycles. The molecule has 1 rings (SSSR count). The van der Waals surface area contributed by atoms with E-state index in [0.717, 1.165) is 19.0 Å². The van der Waals surface area contributed by atoms with Crippen LogP contribution in [0.15, 0.2) is 0 Å². The van der Waals surface area contributed by atoms with Gasteiger partial charge in [0, 0.05) is 6.61 Å². The Morgan fingerprint density at radius 2 is 1.93 bits per heavy atom. The first-order valence-corrected chi connectivity index (χ1v) is 4.40. The summed E-state index contributed by atoms with van der Waals surface area (Å²) >= 11 is 0. The summed E-state index contributed by atoms with van der Waals surface area (Å²) in [5.74, 6) is -1.52. The van der Waals surface area contributed by atoms with Gasteiger partial charge in [0.2, 0.25) is 0 Å². The summed E-state index contributed by atoms with van der Waals surface area (Å²) in [7, 11) is 0. The summed E-state index contributed by atoms with van der Waals surface area (Å²) in [5, 5.41) is 18.9. The van der Waals surface area contributed by atoms with Crippen LogP contribution in [0.4, 0.5) is 13.2 Å². The normalized spacial score (nSPS) is 18.5. The van der Waals surface area contributed by atoms with Crippen molar-refractivity contribution in [3.63, 3.8) is 0 Å². The van der Waals surface area contributed by atoms with E-state index >= 15 is 0 Å². The smallest absolute Gasteiger partial charge is 0.475 e. The van der Waals surface area contributed by atoms with Crippen molar-refractivity contribution >= 4 is 5.97 Å². The van der Waals surface area contributed by atoms with Crippen LogP contribution in [0.25, 0.3) is 0 Å². The maximum atomic E-state index is 10.6. The van der Waals surface area contributed by atoms with Gasteiger partial charge in [0.15, 0.2) is 0 Å². The topological polar surface area (TPSA) is 69.6 Å². The fourth-order valence-electron chi connectivity index (χ4n) is 0.862. The van der Waals surface area contributed by atoms with Gasteiger partial charge in [0.05, 0.1) is 0 Å². The molecular weight excluding hydrogens is 215 g/mol. The van der Waals surface area contributed by atoms with Crippen LogP contribution >= 0.6 is 0 Å². The van der Waals surface area contributed by atoms with Gasteiger partial charge >= 0.3 is 12.1 Å². The minimum Gasteiger partial charge on any atom is -0.475 e. The van der Waals surface area contributed by atoms with E-state index in [-0.39, 0.29) is 0 Å². The van der Waals surface area contributed by atoms with Gasteiger partial charge in [-0.05, 0) is 24.9 Å². The van der Waals surface area contributed by atoms with Crippen molar-refractivity contribution in [2.24, 2.45) is 11.8 Å². The second kappa shape index (κ2) is 5.92. The zero-order chi connectivity index (χ0) is 12.1. The average molecular weight is 229 g/mol. The second-order valence-electron chi connectivity index (χ2n) is 3.38. The minimum absolute atomic E-state index is 0.340. The summed E-state index contributed by atoms with van der Waals surface area (Å²) in [6.45, 7) is 4.63. The van der Waals surface area contributed by atoms with E-state index < -0.39 is 12.1 Å². The molecule has 0 aromatic heterocycles. The van der Waals surface area contributed by atoms with Crippen LogP contribution in [-0.2, 0) is 4.79 Å². The lowest BCUT2D eigenvalue weighted by Gasteiger charge is -2.31. The summed E-state index contributed by atoms with van der Waals surface area (Å²) in [4.78, 5) is 8.90. The van der Waals surface area contributed by atoms with Crippen molar-refractivity contribution in [2.75, 3.05) is 19.7 Å². The van der Waals surface area contributed by atoms with Crippen LogP contribution < -0.4 is 5.32 Å². The molecule has 1 saturated heterocycles. The van der Waals surface area contributed by atoms with Crippen LogP contribution in [0.3, 0.4) is 0 Å². The SMILES string of the molecule is CC(CO)C1CNC1.O=C(O)C(F)(F)F. The van der Waals surface area contributed by atoms with Crippen LogP contribution in [0.1, 0.15) is 6.92 Å². The monoisotopic (exact) mass is 229 g/mol. The highest BCUT2D eigenvalue weighted by molar-refractivity contribution is 5.73. The van der Waals surface area contributed by atoms with Gasteiger partial charge in [-0.25, -0.2) is 4.79 Å². The number of carboxylic acid groups (broad SMARTS) is 1. The Morgan fingerprint density at radius 1 is 1.53 bits per heavy atom. The Bertz CT molecular complexity index is 201. The number of halogens is 3. The lowest BCUT2D eigenvalue weighted by Crippen LogP contribution is -2.46. The zero-order valence-corrected chi connectivity index (χ0v) is 8.21. The van der Waals surface area contributed by atoms with Crippen LogP contribution in [0.5, 0.6) is 0 Å². The molecule has 0 amide bonds. The third kappa shape index (κ3) is 5.58. The lowest BCUT2D eigenvalue weighted by atomic mass is 9.90. The molecule has 7 heteroatoms. The predicted molar refractivity (Wildman–Crippen MR) is 46.3 cm³/mol. The van der Waals surface area contributed by atoms with E-state index in [1.54, 1.807) is 0 Å². The molecule has 1 heterocycles. The number of hydrogen-bond donors (Lipinski definition) is 3. The van der Waals surface area contributed by atoms with Crippen molar-refractivity contribution in [1.29, 1.82) is 0 Å². The lowest BCUT2D eigenvalue weighted by molar-refractivity contribution is -0.192. The first-order chi connectivity index (χ1) is 6.79. The highest BCUT2D eigenvalue weighted by Crippen LogP contribution is 2.14. The third-order valence-corrected chi connectivity index (χ3v) is 2.15. The van der Waals surface area contributed by atoms with E-state index in [1.807, 2.05) is 0 Å². The van der Waals surface area contributed by atoms with Gasteiger partial charge in [0.1, 0.15) is 0 Å². The zero-order valence-electron chi connectivity index (χ0n) is 8.21. The van der Waals surface area contributed by atoms with E-state index in [0.29, 0.717) is 12.5 Å². The number of carboxylic acids is 1. The van der Waals surface area contributed by atoms with Gasteiger partial charge in [-0.2, -0.15) is 13.2 Å². The first kappa shape index (κ1) is 14.2. The number of aliphatic carboxylic acids is 1. The standard InChI is InChI=1S/C6H13NO.C2HF3O2/c1-5(4-8)6-2-7-3-6;3-2(4,5)1(6)7/h5-8H,2-4H2,1H3;(H,6,7). The Balaban J connectivity index is 0.000000265. The van der Waals surface area contributed by atoms with E-state index in [9.17, 15) is 13.2 Å². The molecule has 90 valence electrons. The molecule has 3 N–H and O–H groups in total. The molecule has 0 saturated carbocycles. The predicted octanol–water partition coefficient (Wildman–Crippen LogP) is 0.467. The number of alkyl halides is 3. The minimum atomic E-state index is -5.08. The van der Waals surface area contributed by atoms with E-state index in [1.165, 1.54) is 0 Å². The van der Waals surface area contributed by atoms with Gasteiger partial charge < -0.3 is 15.5 Å². The van der Waals surface area contributed by atoms with Crippen molar-refractivity contribution in [3.05, 3.63) is 0 Å². The number of hydrogen-bond acceptors (Lipinski definition) is 3. The van der Waals surface area contributed by atoms with Crippen LogP contribution in [-0.4, -0.2) is 42.1 Å². The fourth-order valence-corrected chi connectivity index (χ4v) is 0.862. The Kier molecular flexibility index (Phi) is 5.59. The number of aliphatic hydroxyl groups excluding tert-OH is 1. The number of nitrogens with one attached hydrogen (secondary N) is 1. The van der Waals surface area contributed by atoms with E-state index in [2.05, 4.69) is 12.2 Å². The molecule has 1 aliphatic rings. The van der Waals surface area contributed by atoms with Crippen molar-refractivity contribution in [2.45, 2.75) is 13.1 Å². The van der Waals surface area contributed by atoms with E-state index in [4.69, 9.17) is 15.0 Å². The maximum Gasteiger partial charge on any atom is 0.490 e. The molecular formula is C8H14F3NO3. The molecule has 0 radical (unpaired) electrons. The highest BCUT2D eigenvalue weighted by atomic mass is 19.4. The first-order valence-electron chi connectivity index (χ1n) is 4.40. The maximum absolute atomic E-state index is 10.6. The van der Waals surface area contributed by atoms with Crippen molar-refractivity contribution in [3.8, 4) is 0 Å². The third-order valence-electron chi connectivity index (χ3n) is 2.15. The van der Waals surface area contributed by atoms with Gasteiger partial charge in [0.25, 0.3) is 0 Å². The van der Waals surface area contributed by atoms with Gasteiger partial charge in [-0.3, -0.25) is 0 Å². The molecule has 0 bridgehead atoms. The second-order valence-corrected chi connectivity index (χ2v) is 3.38. The molecule has 0 aromatic rings. The number of rotatable bonds is 2. The molecule has 15 heavy (non-hydrogen) atoms. The largest absolute Gasteiger partial charge is 0.490 e. The molecule has 1 unspecified atom stereocenters. The quantitative estimate of drug-likeness (QED) is 0.643. The summed E-state index contributed by atoms with van der Waals surface area (Å²) in [6, 6.07) is 0. The Labute approximate surface area is 85.1 Å². The summed E-state index contributed by atoms with van der Waals surface area (Å²) in [5.41, 5.74) is 0. The summed E-state index contributed by atoms with van der Waals surface area (Å²) in [6.07, 6.45) is -5.08. The molecule has 0 aliphatic carbocycles. The van der Waals surface area contributed by atoms with Gasteiger partial charge in [-0.15, -0.1) is 0 Å². The van der Waals surface area contributed by atoms with Crippen molar-refractivity contribution < 1.29 is 28.2 Å². The molecule has 1 fully saturated rings. The molecule has 1 atom stereocenters. The Morgan fingerprint density at radius 3 is 2.00 bits per heavy atom. The Hall–Kier alpha value is -0.820. The van der Waals surface area contributed by atoms with Crippen molar-refractivity contribution in [1.82, 2.24) is 5.32 Å². The summed E-state index contributed by atoms with van der Waals surface area (Å²) < 4.78 is 31.7. The van der Waals surface area contributed by atoms with Crippen LogP contribution in [0, 0.1) is 11.8 Å². The molecule has 0 spiro atoms. The van der Waals surface area contributed by atoms with Crippen LogP contribution in [0.2, 0.25) is 0 Å². The van der Waals surface area contributed by atoms with Gasteiger partial charge in [-0.1, -0.05) is 6.92 Å². The molecule has 1 aliphatic heterocycles. The molecule has 4 nitrogen and oxygen atoms in total. The fraction of sp³-hybridized carbons (Fsp3) is 0.875. The highest BCUT2D eigenvalue weighted by Gasteiger charge is 2.38. The number of carbonyl (C=O) groups is 1. The average Bonchev–Trinajstić information content (AvgIpc) is 2.00. The number of aliphatic hydroxyl groups is 1.